The van der Waals surface area contributed by atoms with Crippen molar-refractivity contribution in [3.05, 3.63) is 47.5 Å². The molecule has 1 spiro atoms. The van der Waals surface area contributed by atoms with Crippen LogP contribution in [0, 0.1) is 11.6 Å². The monoisotopic (exact) mass is 483 g/mol. The Kier molecular flexibility index (Phi) is 6.00. The van der Waals surface area contributed by atoms with E-state index in [1.165, 1.54) is 19.2 Å². The lowest BCUT2D eigenvalue weighted by molar-refractivity contribution is -0.138. The van der Waals surface area contributed by atoms with Crippen molar-refractivity contribution in [3.8, 4) is 17.2 Å². The zero-order valence-electron chi connectivity index (χ0n) is 18.1. The summed E-state index contributed by atoms with van der Waals surface area (Å²) < 4.78 is 78.1. The lowest BCUT2D eigenvalue weighted by atomic mass is 9.87. The second-order valence-corrected chi connectivity index (χ2v) is 8.02. The van der Waals surface area contributed by atoms with Gasteiger partial charge in [0.05, 0.1) is 18.4 Å². The summed E-state index contributed by atoms with van der Waals surface area (Å²) in [6, 6.07) is 4.86. The molecule has 0 saturated heterocycles. The SMILES string of the molecule is COc1ccc(N2C(N)=NC(N)=NC23CCCCC3)cc1Oc1c(F)cc(C(F)(F)F)cc1F. The van der Waals surface area contributed by atoms with Gasteiger partial charge in [0.15, 0.2) is 28.9 Å². The Morgan fingerprint density at radius 2 is 1.62 bits per heavy atom. The van der Waals surface area contributed by atoms with Crippen molar-refractivity contribution < 1.29 is 31.4 Å². The highest BCUT2D eigenvalue weighted by atomic mass is 19.4. The van der Waals surface area contributed by atoms with E-state index in [2.05, 4.69) is 9.98 Å². The van der Waals surface area contributed by atoms with Gasteiger partial charge < -0.3 is 20.9 Å². The van der Waals surface area contributed by atoms with Gasteiger partial charge in [-0.1, -0.05) is 6.42 Å². The van der Waals surface area contributed by atoms with Gasteiger partial charge in [-0.05, 0) is 49.9 Å². The summed E-state index contributed by atoms with van der Waals surface area (Å²) in [4.78, 5) is 10.3. The molecular weight excluding hydrogens is 461 g/mol. The Morgan fingerprint density at radius 1 is 0.971 bits per heavy atom. The molecule has 0 aromatic heterocycles. The third-order valence-corrected chi connectivity index (χ3v) is 5.79. The molecule has 0 unspecified atom stereocenters. The molecule has 2 aromatic rings. The number of methoxy groups -OCH3 is 1. The average molecular weight is 483 g/mol. The van der Waals surface area contributed by atoms with E-state index < -0.39 is 34.8 Å². The molecular formula is C22H22F5N5O2. The summed E-state index contributed by atoms with van der Waals surface area (Å²) in [6.07, 6.45) is -0.849. The van der Waals surface area contributed by atoms with Gasteiger partial charge in [0, 0.05) is 6.07 Å². The number of hydrogen-bond donors (Lipinski definition) is 2. The fourth-order valence-corrected chi connectivity index (χ4v) is 4.31. The molecule has 34 heavy (non-hydrogen) atoms. The molecule has 0 bridgehead atoms. The number of nitrogens with zero attached hydrogens (tertiary/aromatic N) is 3. The van der Waals surface area contributed by atoms with Gasteiger partial charge in [-0.3, -0.25) is 4.90 Å². The Balaban J connectivity index is 1.76. The van der Waals surface area contributed by atoms with Crippen molar-refractivity contribution in [2.45, 2.75) is 43.9 Å². The number of halogens is 5. The number of hydrogen-bond acceptors (Lipinski definition) is 7. The van der Waals surface area contributed by atoms with Gasteiger partial charge in [0.1, 0.15) is 5.66 Å². The predicted octanol–water partition coefficient (Wildman–Crippen LogP) is 4.89. The van der Waals surface area contributed by atoms with E-state index in [9.17, 15) is 22.0 Å². The van der Waals surface area contributed by atoms with Crippen molar-refractivity contribution in [2.75, 3.05) is 12.0 Å². The number of alkyl halides is 3. The van der Waals surface area contributed by atoms with Crippen LogP contribution >= 0.6 is 0 Å². The van der Waals surface area contributed by atoms with Gasteiger partial charge >= 0.3 is 6.18 Å². The Bertz CT molecular complexity index is 1140. The largest absolute Gasteiger partial charge is 0.493 e. The summed E-state index contributed by atoms with van der Waals surface area (Å²) in [7, 11) is 1.31. The quantitative estimate of drug-likeness (QED) is 0.604. The third kappa shape index (κ3) is 4.31. The average Bonchev–Trinajstić information content (AvgIpc) is 2.75. The Morgan fingerprint density at radius 3 is 2.21 bits per heavy atom. The van der Waals surface area contributed by atoms with Crippen LogP contribution in [-0.4, -0.2) is 24.7 Å². The van der Waals surface area contributed by atoms with Gasteiger partial charge in [0.25, 0.3) is 0 Å². The highest BCUT2D eigenvalue weighted by Crippen LogP contribution is 2.43. The topological polar surface area (TPSA) is 98.5 Å². The number of ether oxygens (including phenoxy) is 2. The van der Waals surface area contributed by atoms with E-state index >= 15 is 0 Å². The molecule has 1 aliphatic heterocycles. The molecule has 2 aliphatic rings. The normalized spacial score (nSPS) is 17.9. The standard InChI is InChI=1S/C22H22F5N5O2/c1-33-16-6-5-13(32-20(29)30-19(28)31-21(32)7-3-2-4-8-21)11-17(16)34-18-14(23)9-12(10-15(18)24)22(25,26)27/h5-6,9-11H,2-4,7-8H2,1H3,(H4,28,29,30,31). The Hall–Kier alpha value is -3.57. The molecule has 1 aliphatic carbocycles. The maximum Gasteiger partial charge on any atom is 0.416 e. The number of nitrogens with two attached hydrogens (primary N) is 2. The molecule has 1 fully saturated rings. The van der Waals surface area contributed by atoms with Crippen molar-refractivity contribution in [3.63, 3.8) is 0 Å². The maximum atomic E-state index is 14.4. The molecule has 0 atom stereocenters. The molecule has 12 heteroatoms. The molecule has 4 N–H and O–H groups in total. The second-order valence-electron chi connectivity index (χ2n) is 8.02. The fraction of sp³-hybridized carbons (Fsp3) is 0.364. The van der Waals surface area contributed by atoms with Crippen LogP contribution in [0.25, 0.3) is 0 Å². The van der Waals surface area contributed by atoms with E-state index in [4.69, 9.17) is 20.9 Å². The number of rotatable bonds is 4. The molecule has 7 nitrogen and oxygen atoms in total. The summed E-state index contributed by atoms with van der Waals surface area (Å²) in [5.41, 5.74) is 10.3. The highest BCUT2D eigenvalue weighted by molar-refractivity contribution is 6.05. The van der Waals surface area contributed by atoms with Crippen molar-refractivity contribution >= 4 is 17.6 Å². The highest BCUT2D eigenvalue weighted by Gasteiger charge is 2.43. The molecule has 4 rings (SSSR count). The number of aliphatic imine (C=N–C) groups is 2. The van der Waals surface area contributed by atoms with Crippen LogP contribution in [0.4, 0.5) is 27.6 Å². The molecule has 182 valence electrons. The zero-order valence-corrected chi connectivity index (χ0v) is 18.1. The number of anilines is 1. The lowest BCUT2D eigenvalue weighted by Crippen LogP contribution is -2.58. The van der Waals surface area contributed by atoms with E-state index in [0.29, 0.717) is 18.5 Å². The van der Waals surface area contributed by atoms with Gasteiger partial charge in [-0.25, -0.2) is 13.8 Å². The van der Waals surface area contributed by atoms with Crippen molar-refractivity contribution in [2.24, 2.45) is 21.5 Å². The van der Waals surface area contributed by atoms with Crippen LogP contribution in [0.2, 0.25) is 0 Å². The van der Waals surface area contributed by atoms with E-state index in [0.717, 1.165) is 19.3 Å². The van der Waals surface area contributed by atoms with E-state index in [-0.39, 0.29) is 35.6 Å². The van der Waals surface area contributed by atoms with Crippen LogP contribution in [-0.2, 0) is 6.18 Å². The minimum atomic E-state index is -4.92. The van der Waals surface area contributed by atoms with Crippen LogP contribution in [0.5, 0.6) is 17.2 Å². The van der Waals surface area contributed by atoms with Crippen LogP contribution in [0.15, 0.2) is 40.3 Å². The minimum Gasteiger partial charge on any atom is -0.493 e. The molecule has 0 amide bonds. The van der Waals surface area contributed by atoms with Crippen molar-refractivity contribution in [1.82, 2.24) is 0 Å². The van der Waals surface area contributed by atoms with Crippen LogP contribution < -0.4 is 25.8 Å². The Labute approximate surface area is 191 Å². The third-order valence-electron chi connectivity index (χ3n) is 5.79. The smallest absolute Gasteiger partial charge is 0.416 e. The number of benzene rings is 2. The first-order valence-corrected chi connectivity index (χ1v) is 10.5. The molecule has 1 heterocycles. The predicted molar refractivity (Wildman–Crippen MR) is 116 cm³/mol. The molecule has 2 aromatic carbocycles. The summed E-state index contributed by atoms with van der Waals surface area (Å²) in [6.45, 7) is 0. The maximum absolute atomic E-state index is 14.4. The van der Waals surface area contributed by atoms with Gasteiger partial charge in [0.2, 0.25) is 11.9 Å². The zero-order chi connectivity index (χ0) is 24.7. The van der Waals surface area contributed by atoms with Gasteiger partial charge in [-0.15, -0.1) is 0 Å². The summed E-state index contributed by atoms with van der Waals surface area (Å²) >= 11 is 0. The molecule has 0 radical (unpaired) electrons. The lowest BCUT2D eigenvalue weighted by Gasteiger charge is -2.45. The number of guanidine groups is 2. The van der Waals surface area contributed by atoms with Gasteiger partial charge in [-0.2, -0.15) is 18.2 Å². The first kappa shape index (κ1) is 23.6. The van der Waals surface area contributed by atoms with Crippen molar-refractivity contribution in [1.29, 1.82) is 0 Å². The fourth-order valence-electron chi connectivity index (χ4n) is 4.31. The van der Waals surface area contributed by atoms with Crippen LogP contribution in [0.1, 0.15) is 37.7 Å². The minimum absolute atomic E-state index is 0.0505. The summed E-state index contributed by atoms with van der Waals surface area (Å²) in [5, 5.41) is 0. The second kappa shape index (κ2) is 8.65. The van der Waals surface area contributed by atoms with E-state index in [1.54, 1.807) is 11.0 Å². The van der Waals surface area contributed by atoms with Crippen LogP contribution in [0.3, 0.4) is 0 Å². The first-order valence-electron chi connectivity index (χ1n) is 10.5. The molecule has 1 saturated carbocycles. The van der Waals surface area contributed by atoms with E-state index in [1.807, 2.05) is 0 Å². The summed E-state index contributed by atoms with van der Waals surface area (Å²) in [5.74, 6) is -3.94. The first-order chi connectivity index (χ1) is 16.0.